The molecule has 1 aliphatic rings. The number of rotatable bonds is 7. The van der Waals surface area contributed by atoms with Crippen LogP contribution >= 0.6 is 15.9 Å². The molecule has 1 aliphatic carbocycles. The average molecular weight is 437 g/mol. The van der Waals surface area contributed by atoms with Gasteiger partial charge in [0.15, 0.2) is 0 Å². The minimum Gasteiger partial charge on any atom is -0.366 e. The second-order valence-corrected chi connectivity index (χ2v) is 7.91. The molecule has 0 spiro atoms. The van der Waals surface area contributed by atoms with Crippen LogP contribution in [-0.2, 0) is 25.9 Å². The molecule has 5 heteroatoms. The molecule has 0 saturated carbocycles. The third kappa shape index (κ3) is 4.71. The Hall–Kier alpha value is -2.40. The van der Waals surface area contributed by atoms with E-state index in [1.165, 1.54) is 28.8 Å². The van der Waals surface area contributed by atoms with Crippen molar-refractivity contribution in [2.75, 3.05) is 16.0 Å². The van der Waals surface area contributed by atoms with Gasteiger partial charge in [0.25, 0.3) is 0 Å². The van der Waals surface area contributed by atoms with Crippen LogP contribution in [0.5, 0.6) is 0 Å². The number of anilines is 2. The molecule has 144 valence electrons. The Kier molecular flexibility index (Phi) is 6.22. The van der Waals surface area contributed by atoms with Crippen LogP contribution in [0.1, 0.15) is 28.8 Å². The SMILES string of the molecule is BrC[C@H]1CCc2nc(NCc3ccccc3)nc(NCc3ccccc3)c2C1. The molecule has 4 nitrogen and oxygen atoms in total. The number of aryl methyl sites for hydroxylation is 1. The van der Waals surface area contributed by atoms with Crippen molar-refractivity contribution in [3.63, 3.8) is 0 Å². The molecule has 0 unspecified atom stereocenters. The number of hydrogen-bond donors (Lipinski definition) is 2. The second-order valence-electron chi connectivity index (χ2n) is 7.26. The number of aromatic nitrogens is 2. The average Bonchev–Trinajstić information content (AvgIpc) is 2.77. The van der Waals surface area contributed by atoms with Gasteiger partial charge in [-0.15, -0.1) is 0 Å². The molecular weight excluding hydrogens is 412 g/mol. The smallest absolute Gasteiger partial charge is 0.225 e. The Morgan fingerprint density at radius 1 is 0.857 bits per heavy atom. The van der Waals surface area contributed by atoms with Gasteiger partial charge in [-0.2, -0.15) is 4.98 Å². The summed E-state index contributed by atoms with van der Waals surface area (Å²) in [5.74, 6) is 2.32. The Labute approximate surface area is 175 Å². The van der Waals surface area contributed by atoms with Crippen LogP contribution in [0.25, 0.3) is 0 Å². The van der Waals surface area contributed by atoms with E-state index in [0.29, 0.717) is 11.9 Å². The number of benzene rings is 2. The van der Waals surface area contributed by atoms with E-state index in [4.69, 9.17) is 9.97 Å². The van der Waals surface area contributed by atoms with Gasteiger partial charge in [0.2, 0.25) is 5.95 Å². The minimum atomic E-state index is 0.650. The maximum absolute atomic E-state index is 4.84. The van der Waals surface area contributed by atoms with Gasteiger partial charge in [-0.05, 0) is 36.3 Å². The molecule has 2 aromatic carbocycles. The Bertz CT molecular complexity index is 899. The molecule has 1 aromatic heterocycles. The summed E-state index contributed by atoms with van der Waals surface area (Å²) in [5.41, 5.74) is 4.93. The summed E-state index contributed by atoms with van der Waals surface area (Å²) >= 11 is 3.65. The lowest BCUT2D eigenvalue weighted by Gasteiger charge is -2.25. The first-order valence-corrected chi connectivity index (χ1v) is 11.0. The number of nitrogens with zero attached hydrogens (tertiary/aromatic N) is 2. The third-order valence-corrected chi connectivity index (χ3v) is 6.11. The summed E-state index contributed by atoms with van der Waals surface area (Å²) in [6, 6.07) is 20.8. The highest BCUT2D eigenvalue weighted by Crippen LogP contribution is 2.31. The maximum Gasteiger partial charge on any atom is 0.225 e. The van der Waals surface area contributed by atoms with E-state index in [0.717, 1.165) is 37.1 Å². The van der Waals surface area contributed by atoms with E-state index < -0.39 is 0 Å². The molecule has 0 bridgehead atoms. The van der Waals surface area contributed by atoms with Crippen molar-refractivity contribution < 1.29 is 0 Å². The van der Waals surface area contributed by atoms with Gasteiger partial charge >= 0.3 is 0 Å². The Balaban J connectivity index is 1.56. The summed E-state index contributed by atoms with van der Waals surface area (Å²) in [6.45, 7) is 1.49. The van der Waals surface area contributed by atoms with Crippen LogP contribution in [0.15, 0.2) is 60.7 Å². The first-order valence-electron chi connectivity index (χ1n) is 9.83. The van der Waals surface area contributed by atoms with Crippen molar-refractivity contribution in [1.82, 2.24) is 9.97 Å². The van der Waals surface area contributed by atoms with Gasteiger partial charge < -0.3 is 10.6 Å². The molecule has 0 aliphatic heterocycles. The summed E-state index contributed by atoms with van der Waals surface area (Å²) in [4.78, 5) is 9.67. The lowest BCUT2D eigenvalue weighted by molar-refractivity contribution is 0.504. The number of fused-ring (bicyclic) bond motifs is 1. The number of nitrogens with one attached hydrogen (secondary N) is 2. The van der Waals surface area contributed by atoms with Crippen LogP contribution in [0, 0.1) is 5.92 Å². The predicted molar refractivity (Wildman–Crippen MR) is 119 cm³/mol. The number of hydrogen-bond acceptors (Lipinski definition) is 4. The molecular formula is C23H25BrN4. The number of halogens is 1. The van der Waals surface area contributed by atoms with Gasteiger partial charge in [-0.1, -0.05) is 76.6 Å². The first-order chi connectivity index (χ1) is 13.8. The molecule has 3 aromatic rings. The topological polar surface area (TPSA) is 49.8 Å². The quantitative estimate of drug-likeness (QED) is 0.499. The Morgan fingerprint density at radius 3 is 2.14 bits per heavy atom. The van der Waals surface area contributed by atoms with Gasteiger partial charge in [0.1, 0.15) is 5.82 Å². The molecule has 2 N–H and O–H groups in total. The van der Waals surface area contributed by atoms with E-state index in [9.17, 15) is 0 Å². The normalized spacial score (nSPS) is 15.7. The third-order valence-electron chi connectivity index (χ3n) is 5.19. The van der Waals surface area contributed by atoms with Crippen LogP contribution in [0.2, 0.25) is 0 Å². The van der Waals surface area contributed by atoms with Crippen LogP contribution < -0.4 is 10.6 Å². The highest BCUT2D eigenvalue weighted by atomic mass is 79.9. The fourth-order valence-corrected chi connectivity index (χ4v) is 4.15. The van der Waals surface area contributed by atoms with E-state index in [1.54, 1.807) is 0 Å². The molecule has 0 fully saturated rings. The minimum absolute atomic E-state index is 0.650. The van der Waals surface area contributed by atoms with Gasteiger partial charge in [-0.25, -0.2) is 4.98 Å². The second kappa shape index (κ2) is 9.20. The van der Waals surface area contributed by atoms with E-state index in [1.807, 2.05) is 12.1 Å². The summed E-state index contributed by atoms with van der Waals surface area (Å²) in [5, 5.41) is 8.00. The van der Waals surface area contributed by atoms with Gasteiger partial charge in [0, 0.05) is 24.0 Å². The molecule has 1 heterocycles. The molecule has 0 saturated heterocycles. The van der Waals surface area contributed by atoms with Crippen LogP contribution in [0.3, 0.4) is 0 Å². The molecule has 28 heavy (non-hydrogen) atoms. The molecule has 1 atom stereocenters. The van der Waals surface area contributed by atoms with E-state index >= 15 is 0 Å². The van der Waals surface area contributed by atoms with Gasteiger partial charge in [0.05, 0.1) is 5.69 Å². The lowest BCUT2D eigenvalue weighted by Crippen LogP contribution is -2.21. The highest BCUT2D eigenvalue weighted by molar-refractivity contribution is 9.09. The monoisotopic (exact) mass is 436 g/mol. The summed E-state index contributed by atoms with van der Waals surface area (Å²) < 4.78 is 0. The Morgan fingerprint density at radius 2 is 1.50 bits per heavy atom. The summed E-state index contributed by atoms with van der Waals surface area (Å²) in [7, 11) is 0. The first kappa shape index (κ1) is 18.9. The van der Waals surface area contributed by atoms with Crippen molar-refractivity contribution in [3.8, 4) is 0 Å². The van der Waals surface area contributed by atoms with E-state index in [-0.39, 0.29) is 0 Å². The largest absolute Gasteiger partial charge is 0.366 e. The van der Waals surface area contributed by atoms with E-state index in [2.05, 4.69) is 75.1 Å². The standard InChI is InChI=1S/C23H25BrN4/c24-14-19-11-12-21-20(13-19)22(25-15-17-7-3-1-4-8-17)28-23(27-21)26-16-18-9-5-2-6-10-18/h1-10,19H,11-16H2,(H2,25,26,27,28)/t19-/m0/s1. The van der Waals surface area contributed by atoms with Crippen molar-refractivity contribution >= 4 is 27.7 Å². The van der Waals surface area contributed by atoms with Crippen molar-refractivity contribution in [2.24, 2.45) is 5.92 Å². The zero-order chi connectivity index (χ0) is 19.2. The molecule has 0 radical (unpaired) electrons. The molecule has 4 rings (SSSR count). The fraction of sp³-hybridized carbons (Fsp3) is 0.304. The zero-order valence-corrected chi connectivity index (χ0v) is 17.5. The molecule has 0 amide bonds. The maximum atomic E-state index is 4.84. The lowest BCUT2D eigenvalue weighted by atomic mass is 9.88. The van der Waals surface area contributed by atoms with Crippen molar-refractivity contribution in [3.05, 3.63) is 83.0 Å². The van der Waals surface area contributed by atoms with Gasteiger partial charge in [-0.3, -0.25) is 0 Å². The zero-order valence-electron chi connectivity index (χ0n) is 15.9. The van der Waals surface area contributed by atoms with Crippen LogP contribution in [-0.4, -0.2) is 15.3 Å². The van der Waals surface area contributed by atoms with Crippen molar-refractivity contribution in [2.45, 2.75) is 32.4 Å². The highest BCUT2D eigenvalue weighted by Gasteiger charge is 2.23. The van der Waals surface area contributed by atoms with Crippen LogP contribution in [0.4, 0.5) is 11.8 Å². The summed E-state index contributed by atoms with van der Waals surface area (Å²) in [6.07, 6.45) is 3.20. The predicted octanol–water partition coefficient (Wildman–Crippen LogP) is 5.20. The van der Waals surface area contributed by atoms with Crippen molar-refractivity contribution in [1.29, 1.82) is 0 Å². The number of alkyl halides is 1. The fourth-order valence-electron chi connectivity index (χ4n) is 3.60.